The maximum absolute atomic E-state index is 11.8. The highest BCUT2D eigenvalue weighted by atomic mass is 16.4. The molecule has 0 heterocycles. The summed E-state index contributed by atoms with van der Waals surface area (Å²) in [5, 5.41) is 20.4. The van der Waals surface area contributed by atoms with Gasteiger partial charge in [-0.15, -0.1) is 0 Å². The summed E-state index contributed by atoms with van der Waals surface area (Å²) in [6.07, 6.45) is 0.213. The van der Waals surface area contributed by atoms with Gasteiger partial charge in [0.25, 0.3) is 0 Å². The topological polar surface area (TPSA) is 109 Å². The van der Waals surface area contributed by atoms with Gasteiger partial charge in [0, 0.05) is 26.3 Å². The molecule has 22 heavy (non-hydrogen) atoms. The molecule has 3 amide bonds. The van der Waals surface area contributed by atoms with Gasteiger partial charge in [-0.25, -0.2) is 19.5 Å². The highest BCUT2D eigenvalue weighted by Gasteiger charge is 2.18. The number of hydrogen-bond donors (Lipinski definition) is 2. The first-order valence-electron chi connectivity index (χ1n) is 6.45. The number of carboxylic acid groups (broad SMARTS) is 1. The summed E-state index contributed by atoms with van der Waals surface area (Å²) in [7, 11) is 3.60. The van der Waals surface area contributed by atoms with Crippen molar-refractivity contribution in [3.8, 4) is 6.07 Å². The number of hydrogen-bond acceptors (Lipinski definition) is 4. The Morgan fingerprint density at radius 3 is 2.64 bits per heavy atom. The molecule has 1 aromatic rings. The van der Waals surface area contributed by atoms with Crippen LogP contribution < -0.4 is 5.32 Å². The standard InChI is InChI=1S/C14H17N5O3/c1-4-19(14(21)22)13(20)17-11-5-6-12(10(7-11)8-15)16-9-18(2)3/h5-7,9H,4H2,1-3H3,(H,17,20)(H,21,22). The fourth-order valence-electron chi connectivity index (χ4n) is 1.55. The summed E-state index contributed by atoms with van der Waals surface area (Å²) in [6.45, 7) is 1.57. The molecule has 0 fully saturated rings. The molecule has 116 valence electrons. The quantitative estimate of drug-likeness (QED) is 0.655. The summed E-state index contributed by atoms with van der Waals surface area (Å²) >= 11 is 0. The van der Waals surface area contributed by atoms with Crippen molar-refractivity contribution >= 4 is 29.8 Å². The molecule has 1 rings (SSSR count). The number of anilines is 1. The lowest BCUT2D eigenvalue weighted by Gasteiger charge is -2.16. The van der Waals surface area contributed by atoms with E-state index in [1.54, 1.807) is 44.4 Å². The van der Waals surface area contributed by atoms with Crippen LogP contribution >= 0.6 is 0 Å². The van der Waals surface area contributed by atoms with E-state index >= 15 is 0 Å². The Morgan fingerprint density at radius 2 is 2.14 bits per heavy atom. The van der Waals surface area contributed by atoms with Crippen molar-refractivity contribution in [2.45, 2.75) is 6.92 Å². The lowest BCUT2D eigenvalue weighted by molar-refractivity contribution is 0.154. The molecule has 0 aliphatic heterocycles. The van der Waals surface area contributed by atoms with Crippen LogP contribution in [-0.2, 0) is 0 Å². The van der Waals surface area contributed by atoms with E-state index in [9.17, 15) is 9.59 Å². The second kappa shape index (κ2) is 7.64. The van der Waals surface area contributed by atoms with E-state index in [2.05, 4.69) is 10.3 Å². The molecule has 1 aromatic carbocycles. The second-order valence-corrected chi connectivity index (χ2v) is 4.51. The summed E-state index contributed by atoms with van der Waals surface area (Å²) in [6, 6.07) is 5.78. The van der Waals surface area contributed by atoms with Gasteiger partial charge in [0.1, 0.15) is 6.07 Å². The monoisotopic (exact) mass is 303 g/mol. The summed E-state index contributed by atoms with van der Waals surface area (Å²) in [4.78, 5) is 29.2. The van der Waals surface area contributed by atoms with Gasteiger partial charge < -0.3 is 15.3 Å². The van der Waals surface area contributed by atoms with Crippen LogP contribution in [0.5, 0.6) is 0 Å². The van der Waals surface area contributed by atoms with E-state index < -0.39 is 12.1 Å². The molecule has 8 nitrogen and oxygen atoms in total. The van der Waals surface area contributed by atoms with Gasteiger partial charge in [-0.2, -0.15) is 5.26 Å². The molecule has 0 aliphatic rings. The van der Waals surface area contributed by atoms with Crippen LogP contribution in [0.3, 0.4) is 0 Å². The highest BCUT2D eigenvalue weighted by Crippen LogP contribution is 2.22. The fourth-order valence-corrected chi connectivity index (χ4v) is 1.55. The highest BCUT2D eigenvalue weighted by molar-refractivity contribution is 5.98. The van der Waals surface area contributed by atoms with Gasteiger partial charge in [-0.1, -0.05) is 0 Å². The second-order valence-electron chi connectivity index (χ2n) is 4.51. The van der Waals surface area contributed by atoms with Gasteiger partial charge in [0.2, 0.25) is 0 Å². The minimum absolute atomic E-state index is 0.0253. The van der Waals surface area contributed by atoms with Crippen LogP contribution in [0.1, 0.15) is 12.5 Å². The Morgan fingerprint density at radius 1 is 1.45 bits per heavy atom. The van der Waals surface area contributed by atoms with Crippen molar-refractivity contribution in [3.63, 3.8) is 0 Å². The van der Waals surface area contributed by atoms with Crippen LogP contribution in [0.2, 0.25) is 0 Å². The zero-order valence-electron chi connectivity index (χ0n) is 12.6. The Hall–Kier alpha value is -3.08. The number of urea groups is 1. The molecule has 0 radical (unpaired) electrons. The van der Waals surface area contributed by atoms with Gasteiger partial charge in [-0.3, -0.25) is 0 Å². The minimum atomic E-state index is -1.34. The molecule has 0 bridgehead atoms. The molecule has 0 saturated heterocycles. The molecule has 2 N–H and O–H groups in total. The largest absolute Gasteiger partial charge is 0.465 e. The molecule has 0 aromatic heterocycles. The number of nitrogens with one attached hydrogen (secondary N) is 1. The Kier molecular flexibility index (Phi) is 5.89. The molecule has 8 heteroatoms. The normalized spacial score (nSPS) is 10.1. The van der Waals surface area contributed by atoms with E-state index in [0.29, 0.717) is 16.3 Å². The number of rotatable bonds is 4. The lowest BCUT2D eigenvalue weighted by atomic mass is 10.2. The third-order valence-corrected chi connectivity index (χ3v) is 2.59. The van der Waals surface area contributed by atoms with Crippen LogP contribution in [-0.4, -0.2) is 54.0 Å². The SMILES string of the molecule is CCN(C(=O)O)C(=O)Nc1ccc(N=CN(C)C)c(C#N)c1. The zero-order valence-corrected chi connectivity index (χ0v) is 12.6. The third kappa shape index (κ3) is 4.49. The predicted octanol–water partition coefficient (Wildman–Crippen LogP) is 2.31. The number of carbonyl (C=O) groups excluding carboxylic acids is 1. The first-order valence-corrected chi connectivity index (χ1v) is 6.45. The average molecular weight is 303 g/mol. The Labute approximate surface area is 128 Å². The van der Waals surface area contributed by atoms with Crippen molar-refractivity contribution < 1.29 is 14.7 Å². The van der Waals surface area contributed by atoms with Gasteiger partial charge in [0.05, 0.1) is 17.6 Å². The maximum Gasteiger partial charge on any atom is 0.415 e. The maximum atomic E-state index is 11.8. The van der Waals surface area contributed by atoms with E-state index in [-0.39, 0.29) is 12.1 Å². The van der Waals surface area contributed by atoms with E-state index in [1.165, 1.54) is 6.07 Å². The summed E-state index contributed by atoms with van der Waals surface area (Å²) in [5.74, 6) is 0. The van der Waals surface area contributed by atoms with Gasteiger partial charge in [-0.05, 0) is 25.1 Å². The van der Waals surface area contributed by atoms with Crippen molar-refractivity contribution in [1.82, 2.24) is 9.80 Å². The Bertz CT molecular complexity index is 634. The number of amides is 3. The third-order valence-electron chi connectivity index (χ3n) is 2.59. The predicted molar refractivity (Wildman–Crippen MR) is 82.4 cm³/mol. The number of carbonyl (C=O) groups is 2. The van der Waals surface area contributed by atoms with Crippen molar-refractivity contribution in [2.75, 3.05) is 26.0 Å². The summed E-state index contributed by atoms with van der Waals surface area (Å²) in [5.41, 5.74) is 1.05. The van der Waals surface area contributed by atoms with E-state index in [4.69, 9.17) is 10.4 Å². The number of benzene rings is 1. The molecule has 0 unspecified atom stereocenters. The van der Waals surface area contributed by atoms with Crippen LogP contribution in [0, 0.1) is 11.3 Å². The number of imide groups is 1. The summed E-state index contributed by atoms with van der Waals surface area (Å²) < 4.78 is 0. The molecule has 0 aliphatic carbocycles. The van der Waals surface area contributed by atoms with Crippen molar-refractivity contribution in [3.05, 3.63) is 23.8 Å². The van der Waals surface area contributed by atoms with Gasteiger partial charge in [0.15, 0.2) is 0 Å². The first kappa shape index (κ1) is 17.0. The molecule has 0 saturated carbocycles. The Balaban J connectivity index is 2.97. The van der Waals surface area contributed by atoms with E-state index in [0.717, 1.165) is 0 Å². The lowest BCUT2D eigenvalue weighted by Crippen LogP contribution is -2.38. The molecular formula is C14H17N5O3. The number of nitrogens with zero attached hydrogens (tertiary/aromatic N) is 4. The number of nitriles is 1. The average Bonchev–Trinajstić information content (AvgIpc) is 2.45. The van der Waals surface area contributed by atoms with Crippen LogP contribution in [0.15, 0.2) is 23.2 Å². The smallest absolute Gasteiger partial charge is 0.415 e. The van der Waals surface area contributed by atoms with E-state index in [1.807, 2.05) is 6.07 Å². The molecular weight excluding hydrogens is 286 g/mol. The van der Waals surface area contributed by atoms with Gasteiger partial charge >= 0.3 is 12.1 Å². The number of aliphatic imine (C=N–C) groups is 1. The van der Waals surface area contributed by atoms with Crippen molar-refractivity contribution in [1.29, 1.82) is 5.26 Å². The first-order chi connectivity index (χ1) is 10.4. The zero-order chi connectivity index (χ0) is 16.7. The minimum Gasteiger partial charge on any atom is -0.465 e. The van der Waals surface area contributed by atoms with Crippen LogP contribution in [0.25, 0.3) is 0 Å². The molecule has 0 atom stereocenters. The van der Waals surface area contributed by atoms with Crippen molar-refractivity contribution in [2.24, 2.45) is 4.99 Å². The van der Waals surface area contributed by atoms with Crippen LogP contribution in [0.4, 0.5) is 21.0 Å². The fraction of sp³-hybridized carbons (Fsp3) is 0.286. The molecule has 0 spiro atoms.